The maximum absolute atomic E-state index is 5.26. The van der Waals surface area contributed by atoms with Crippen LogP contribution in [0.25, 0.3) is 0 Å². The minimum Gasteiger partial charge on any atom is -0.372 e. The zero-order valence-corrected chi connectivity index (χ0v) is 8.83. The maximum atomic E-state index is 5.26. The first-order chi connectivity index (χ1) is 6.27. The fourth-order valence-corrected chi connectivity index (χ4v) is 2.58. The Morgan fingerprint density at radius 3 is 2.62 bits per heavy atom. The molecule has 2 heteroatoms. The Labute approximate surface area is 81.3 Å². The van der Waals surface area contributed by atoms with Crippen molar-refractivity contribution < 1.29 is 4.74 Å². The Morgan fingerprint density at radius 1 is 1.31 bits per heavy atom. The average molecular weight is 183 g/mol. The van der Waals surface area contributed by atoms with Gasteiger partial charge in [0.1, 0.15) is 0 Å². The summed E-state index contributed by atoms with van der Waals surface area (Å²) in [6, 6.07) is 0.818. The minimum absolute atomic E-state index is 0.555. The smallest absolute Gasteiger partial charge is 0.0936 e. The summed E-state index contributed by atoms with van der Waals surface area (Å²) in [5.41, 5.74) is 0. The Morgan fingerprint density at radius 2 is 2.00 bits per heavy atom. The third-order valence-corrected chi connectivity index (χ3v) is 3.53. The van der Waals surface area contributed by atoms with E-state index in [1.807, 2.05) is 0 Å². The van der Waals surface area contributed by atoms with Crippen molar-refractivity contribution >= 4 is 0 Å². The van der Waals surface area contributed by atoms with Gasteiger partial charge in [-0.15, -0.1) is 0 Å². The minimum atomic E-state index is 0.555. The van der Waals surface area contributed by atoms with Crippen molar-refractivity contribution in [3.8, 4) is 0 Å². The van der Waals surface area contributed by atoms with Gasteiger partial charge in [-0.05, 0) is 25.8 Å². The largest absolute Gasteiger partial charge is 0.372 e. The van der Waals surface area contributed by atoms with Crippen LogP contribution in [0.1, 0.15) is 32.6 Å². The van der Waals surface area contributed by atoms with E-state index >= 15 is 0 Å². The highest BCUT2D eigenvalue weighted by Gasteiger charge is 2.30. The monoisotopic (exact) mass is 183 g/mol. The summed E-state index contributed by atoms with van der Waals surface area (Å²) in [4.78, 5) is 2.52. The van der Waals surface area contributed by atoms with Crippen molar-refractivity contribution in [2.24, 2.45) is 5.92 Å². The maximum Gasteiger partial charge on any atom is 0.0936 e. The van der Waals surface area contributed by atoms with Gasteiger partial charge in [0, 0.05) is 12.6 Å². The van der Waals surface area contributed by atoms with Gasteiger partial charge in [-0.3, -0.25) is 0 Å². The Kier molecular flexibility index (Phi) is 2.89. The second-order valence-corrected chi connectivity index (χ2v) is 4.72. The third-order valence-electron chi connectivity index (χ3n) is 3.53. The van der Waals surface area contributed by atoms with Gasteiger partial charge in [0.05, 0.1) is 12.7 Å². The number of hydrogen-bond donors (Lipinski definition) is 0. The van der Waals surface area contributed by atoms with Crippen LogP contribution in [0.4, 0.5) is 0 Å². The number of epoxide rings is 1. The molecule has 1 heterocycles. The summed E-state index contributed by atoms with van der Waals surface area (Å²) in [6.07, 6.45) is 6.22. The average Bonchev–Trinajstić information content (AvgIpc) is 2.89. The Bertz CT molecular complexity index is 167. The first kappa shape index (κ1) is 9.47. The standard InChI is InChI=1S/C11H21NO/c1-9-5-3-4-6-11(9)12(2)7-10-8-13-10/h9-11H,3-8H2,1-2H3/t9?,10-,11?/m1/s1. The first-order valence-corrected chi connectivity index (χ1v) is 5.59. The molecule has 0 amide bonds. The van der Waals surface area contributed by atoms with Crippen LogP contribution in [-0.4, -0.2) is 37.2 Å². The van der Waals surface area contributed by atoms with Gasteiger partial charge >= 0.3 is 0 Å². The van der Waals surface area contributed by atoms with E-state index in [1.54, 1.807) is 0 Å². The lowest BCUT2D eigenvalue weighted by Crippen LogP contribution is -2.40. The summed E-state index contributed by atoms with van der Waals surface area (Å²) in [5, 5.41) is 0. The molecule has 0 bridgehead atoms. The summed E-state index contributed by atoms with van der Waals surface area (Å²) < 4.78 is 5.26. The van der Waals surface area contributed by atoms with Crippen molar-refractivity contribution in [1.82, 2.24) is 4.90 Å². The molecule has 1 saturated heterocycles. The molecule has 0 aromatic carbocycles. The molecule has 3 atom stereocenters. The summed E-state index contributed by atoms with van der Waals surface area (Å²) >= 11 is 0. The number of hydrogen-bond acceptors (Lipinski definition) is 2. The van der Waals surface area contributed by atoms with Gasteiger partial charge in [-0.25, -0.2) is 0 Å². The van der Waals surface area contributed by atoms with Crippen molar-refractivity contribution in [1.29, 1.82) is 0 Å². The first-order valence-electron chi connectivity index (χ1n) is 5.59. The van der Waals surface area contributed by atoms with Gasteiger partial charge in [0.15, 0.2) is 0 Å². The van der Waals surface area contributed by atoms with E-state index in [1.165, 1.54) is 25.7 Å². The molecule has 0 aromatic rings. The Hall–Kier alpha value is -0.0800. The number of nitrogens with zero attached hydrogens (tertiary/aromatic N) is 1. The molecule has 76 valence electrons. The zero-order chi connectivity index (χ0) is 9.26. The second-order valence-electron chi connectivity index (χ2n) is 4.72. The number of rotatable bonds is 3. The van der Waals surface area contributed by atoms with Gasteiger partial charge in [-0.1, -0.05) is 19.8 Å². The lowest BCUT2D eigenvalue weighted by atomic mass is 9.85. The van der Waals surface area contributed by atoms with Crippen LogP contribution >= 0.6 is 0 Å². The van der Waals surface area contributed by atoms with Gasteiger partial charge in [0.2, 0.25) is 0 Å². The highest BCUT2D eigenvalue weighted by Crippen LogP contribution is 2.28. The SMILES string of the molecule is CC1CCCCC1N(C)C[C@@H]1CO1. The molecule has 1 aliphatic carbocycles. The van der Waals surface area contributed by atoms with Gasteiger partial charge in [-0.2, -0.15) is 0 Å². The predicted octanol–water partition coefficient (Wildman–Crippen LogP) is 1.90. The molecular weight excluding hydrogens is 162 g/mol. The normalized spacial score (nSPS) is 39.5. The fourth-order valence-electron chi connectivity index (χ4n) is 2.58. The third kappa shape index (κ3) is 2.44. The second kappa shape index (κ2) is 3.97. The molecule has 2 fully saturated rings. The van der Waals surface area contributed by atoms with Crippen LogP contribution in [0.2, 0.25) is 0 Å². The van der Waals surface area contributed by atoms with Crippen LogP contribution in [0.5, 0.6) is 0 Å². The molecule has 0 aromatic heterocycles. The highest BCUT2D eigenvalue weighted by molar-refractivity contribution is 4.82. The van der Waals surface area contributed by atoms with E-state index in [9.17, 15) is 0 Å². The summed E-state index contributed by atoms with van der Waals surface area (Å²) in [7, 11) is 2.26. The van der Waals surface area contributed by atoms with E-state index in [0.29, 0.717) is 6.10 Å². The molecule has 2 unspecified atom stereocenters. The molecule has 13 heavy (non-hydrogen) atoms. The highest BCUT2D eigenvalue weighted by atomic mass is 16.6. The van der Waals surface area contributed by atoms with E-state index in [-0.39, 0.29) is 0 Å². The number of likely N-dealkylation sites (N-methyl/N-ethyl adjacent to an activating group) is 1. The van der Waals surface area contributed by atoms with Crippen molar-refractivity contribution in [2.75, 3.05) is 20.2 Å². The summed E-state index contributed by atoms with van der Waals surface area (Å²) in [6.45, 7) is 4.54. The van der Waals surface area contributed by atoms with E-state index in [0.717, 1.165) is 25.1 Å². The molecule has 2 nitrogen and oxygen atoms in total. The zero-order valence-electron chi connectivity index (χ0n) is 8.83. The van der Waals surface area contributed by atoms with Crippen molar-refractivity contribution in [3.63, 3.8) is 0 Å². The fraction of sp³-hybridized carbons (Fsp3) is 1.00. The summed E-state index contributed by atoms with van der Waals surface area (Å²) in [5.74, 6) is 0.887. The lowest BCUT2D eigenvalue weighted by molar-refractivity contribution is 0.130. The van der Waals surface area contributed by atoms with Crippen LogP contribution in [0, 0.1) is 5.92 Å². The van der Waals surface area contributed by atoms with Crippen molar-refractivity contribution in [2.45, 2.75) is 44.8 Å². The van der Waals surface area contributed by atoms with Crippen molar-refractivity contribution in [3.05, 3.63) is 0 Å². The van der Waals surface area contributed by atoms with Gasteiger partial charge in [0.25, 0.3) is 0 Å². The molecule has 2 aliphatic rings. The lowest BCUT2D eigenvalue weighted by Gasteiger charge is -2.36. The molecule has 2 rings (SSSR count). The molecule has 1 aliphatic heterocycles. The Balaban J connectivity index is 1.81. The van der Waals surface area contributed by atoms with Crippen LogP contribution in [0.3, 0.4) is 0 Å². The van der Waals surface area contributed by atoms with Crippen LogP contribution < -0.4 is 0 Å². The topological polar surface area (TPSA) is 15.8 Å². The van der Waals surface area contributed by atoms with Crippen LogP contribution in [-0.2, 0) is 4.74 Å². The van der Waals surface area contributed by atoms with E-state index in [4.69, 9.17) is 4.74 Å². The molecule has 0 N–H and O–H groups in total. The molecule has 1 saturated carbocycles. The van der Waals surface area contributed by atoms with E-state index < -0.39 is 0 Å². The molecule has 0 spiro atoms. The number of ether oxygens (including phenoxy) is 1. The van der Waals surface area contributed by atoms with E-state index in [2.05, 4.69) is 18.9 Å². The molecule has 0 radical (unpaired) electrons. The quantitative estimate of drug-likeness (QED) is 0.621. The predicted molar refractivity (Wildman–Crippen MR) is 53.8 cm³/mol. The molecular formula is C11H21NO. The van der Waals surface area contributed by atoms with Crippen LogP contribution in [0.15, 0.2) is 0 Å². The van der Waals surface area contributed by atoms with Gasteiger partial charge < -0.3 is 9.64 Å².